The monoisotopic (exact) mass is 416 g/mol. The first kappa shape index (κ1) is 20.9. The van der Waals surface area contributed by atoms with Crippen molar-refractivity contribution >= 4 is 26.7 Å². The summed E-state index contributed by atoms with van der Waals surface area (Å²) in [4.78, 5) is 12.2. The standard InChI is InChI=1S/C21H24N2O5S/c1-13-6-8-17-15(10-20(24)28-21(17)14(13)2)12-22-18-11-16(7-9-19(18)27-5)29(25,26)23(3)4/h6-11,22H,12H2,1-5H3. The van der Waals surface area contributed by atoms with E-state index in [-0.39, 0.29) is 4.90 Å². The minimum Gasteiger partial charge on any atom is -0.495 e. The van der Waals surface area contributed by atoms with Crippen LogP contribution >= 0.6 is 0 Å². The number of methoxy groups -OCH3 is 1. The molecular weight excluding hydrogens is 392 g/mol. The van der Waals surface area contributed by atoms with Gasteiger partial charge in [0, 0.05) is 32.1 Å². The predicted molar refractivity (Wildman–Crippen MR) is 113 cm³/mol. The van der Waals surface area contributed by atoms with Crippen molar-refractivity contribution in [2.24, 2.45) is 0 Å². The Morgan fingerprint density at radius 1 is 1.10 bits per heavy atom. The highest BCUT2D eigenvalue weighted by Crippen LogP contribution is 2.30. The second-order valence-corrected chi connectivity index (χ2v) is 9.13. The lowest BCUT2D eigenvalue weighted by molar-refractivity contribution is 0.416. The molecule has 0 radical (unpaired) electrons. The second-order valence-electron chi connectivity index (χ2n) is 6.98. The van der Waals surface area contributed by atoms with Gasteiger partial charge in [0.15, 0.2) is 0 Å². The van der Waals surface area contributed by atoms with E-state index in [1.54, 1.807) is 6.07 Å². The van der Waals surface area contributed by atoms with Gasteiger partial charge in [0.2, 0.25) is 10.0 Å². The molecule has 2 aromatic carbocycles. The van der Waals surface area contributed by atoms with Gasteiger partial charge in [0.1, 0.15) is 11.3 Å². The number of nitrogens with one attached hydrogen (secondary N) is 1. The van der Waals surface area contributed by atoms with Crippen molar-refractivity contribution in [2.75, 3.05) is 26.5 Å². The maximum atomic E-state index is 12.5. The number of aryl methyl sites for hydroxylation is 2. The molecule has 0 amide bonds. The van der Waals surface area contributed by atoms with Gasteiger partial charge in [0.25, 0.3) is 0 Å². The highest BCUT2D eigenvalue weighted by Gasteiger charge is 2.19. The second kappa shape index (κ2) is 7.88. The normalized spacial score (nSPS) is 11.8. The Hall–Kier alpha value is -2.84. The highest BCUT2D eigenvalue weighted by molar-refractivity contribution is 7.89. The van der Waals surface area contributed by atoms with Crippen LogP contribution in [0.4, 0.5) is 5.69 Å². The quantitative estimate of drug-likeness (QED) is 0.621. The third-order valence-electron chi connectivity index (χ3n) is 4.94. The minimum atomic E-state index is -3.59. The fraction of sp³-hybridized carbons (Fsp3) is 0.286. The van der Waals surface area contributed by atoms with Crippen LogP contribution in [-0.4, -0.2) is 33.9 Å². The smallest absolute Gasteiger partial charge is 0.336 e. The van der Waals surface area contributed by atoms with Gasteiger partial charge < -0.3 is 14.5 Å². The van der Waals surface area contributed by atoms with Crippen molar-refractivity contribution in [3.63, 3.8) is 0 Å². The zero-order valence-electron chi connectivity index (χ0n) is 17.1. The van der Waals surface area contributed by atoms with Crippen LogP contribution in [0.5, 0.6) is 5.75 Å². The molecule has 0 saturated carbocycles. The zero-order chi connectivity index (χ0) is 21.3. The molecule has 0 saturated heterocycles. The van der Waals surface area contributed by atoms with Crippen LogP contribution in [0.15, 0.2) is 50.5 Å². The molecule has 0 unspecified atom stereocenters. The van der Waals surface area contributed by atoms with Gasteiger partial charge >= 0.3 is 5.63 Å². The summed E-state index contributed by atoms with van der Waals surface area (Å²) < 4.78 is 36.8. The topological polar surface area (TPSA) is 88.9 Å². The molecule has 0 spiro atoms. The number of hydrogen-bond donors (Lipinski definition) is 1. The molecule has 1 aromatic heterocycles. The summed E-state index contributed by atoms with van der Waals surface area (Å²) in [6.07, 6.45) is 0. The molecule has 0 aliphatic heterocycles. The molecule has 1 N–H and O–H groups in total. The van der Waals surface area contributed by atoms with E-state index in [2.05, 4.69) is 5.32 Å². The third kappa shape index (κ3) is 3.99. The first-order chi connectivity index (χ1) is 13.6. The Morgan fingerprint density at radius 2 is 1.83 bits per heavy atom. The molecule has 3 aromatic rings. The minimum absolute atomic E-state index is 0.148. The van der Waals surface area contributed by atoms with E-state index in [1.165, 1.54) is 39.4 Å². The van der Waals surface area contributed by atoms with Crippen LogP contribution in [0.3, 0.4) is 0 Å². The SMILES string of the molecule is COc1ccc(S(=O)(=O)N(C)C)cc1NCc1cc(=O)oc2c(C)c(C)ccc12. The highest BCUT2D eigenvalue weighted by atomic mass is 32.2. The first-order valence-electron chi connectivity index (χ1n) is 9.02. The lowest BCUT2D eigenvalue weighted by Gasteiger charge is -2.16. The molecule has 3 rings (SSSR count). The number of fused-ring (bicyclic) bond motifs is 1. The van der Waals surface area contributed by atoms with E-state index in [0.29, 0.717) is 23.6 Å². The maximum Gasteiger partial charge on any atom is 0.336 e. The Labute approximate surface area is 170 Å². The van der Waals surface area contributed by atoms with Crippen molar-refractivity contribution in [1.82, 2.24) is 4.31 Å². The molecule has 0 aliphatic carbocycles. The summed E-state index contributed by atoms with van der Waals surface area (Å²) in [6.45, 7) is 4.17. The Balaban J connectivity index is 2.02. The molecule has 0 fully saturated rings. The van der Waals surface area contributed by atoms with Crippen molar-refractivity contribution in [1.29, 1.82) is 0 Å². The number of anilines is 1. The Kier molecular flexibility index (Phi) is 5.68. The van der Waals surface area contributed by atoms with Gasteiger partial charge in [-0.3, -0.25) is 0 Å². The first-order valence-corrected chi connectivity index (χ1v) is 10.5. The molecule has 29 heavy (non-hydrogen) atoms. The molecule has 7 nitrogen and oxygen atoms in total. The maximum absolute atomic E-state index is 12.5. The van der Waals surface area contributed by atoms with Crippen LogP contribution < -0.4 is 15.7 Å². The fourth-order valence-electron chi connectivity index (χ4n) is 3.06. The van der Waals surface area contributed by atoms with E-state index >= 15 is 0 Å². The van der Waals surface area contributed by atoms with Gasteiger partial charge in [-0.15, -0.1) is 0 Å². The van der Waals surface area contributed by atoms with E-state index in [1.807, 2.05) is 26.0 Å². The van der Waals surface area contributed by atoms with Crippen molar-refractivity contribution in [3.05, 3.63) is 63.5 Å². The van der Waals surface area contributed by atoms with Crippen molar-refractivity contribution in [2.45, 2.75) is 25.3 Å². The molecule has 0 aliphatic rings. The lowest BCUT2D eigenvalue weighted by atomic mass is 10.0. The largest absolute Gasteiger partial charge is 0.495 e. The van der Waals surface area contributed by atoms with Crippen LogP contribution in [0, 0.1) is 13.8 Å². The van der Waals surface area contributed by atoms with E-state index < -0.39 is 15.6 Å². The van der Waals surface area contributed by atoms with Gasteiger partial charge in [-0.1, -0.05) is 12.1 Å². The fourth-order valence-corrected chi connectivity index (χ4v) is 3.99. The third-order valence-corrected chi connectivity index (χ3v) is 6.75. The van der Waals surface area contributed by atoms with Crippen LogP contribution in [0.1, 0.15) is 16.7 Å². The number of rotatable bonds is 6. The Bertz CT molecular complexity index is 1230. The van der Waals surface area contributed by atoms with E-state index in [4.69, 9.17) is 9.15 Å². The predicted octanol–water partition coefficient (Wildman–Crippen LogP) is 3.28. The summed E-state index contributed by atoms with van der Waals surface area (Å²) in [7, 11) is 0.884. The average molecular weight is 416 g/mol. The van der Waals surface area contributed by atoms with E-state index in [9.17, 15) is 13.2 Å². The summed E-state index contributed by atoms with van der Waals surface area (Å²) in [6, 6.07) is 9.96. The zero-order valence-corrected chi connectivity index (χ0v) is 17.9. The molecule has 8 heteroatoms. The van der Waals surface area contributed by atoms with Crippen LogP contribution in [0.2, 0.25) is 0 Å². The van der Waals surface area contributed by atoms with Crippen molar-refractivity contribution in [3.8, 4) is 5.75 Å². The summed E-state index contributed by atoms with van der Waals surface area (Å²) >= 11 is 0. The Morgan fingerprint density at radius 3 is 2.48 bits per heavy atom. The summed E-state index contributed by atoms with van der Waals surface area (Å²) in [5.41, 5.74) is 3.35. The van der Waals surface area contributed by atoms with Crippen LogP contribution in [0.25, 0.3) is 11.0 Å². The number of hydrogen-bond acceptors (Lipinski definition) is 6. The molecule has 0 bridgehead atoms. The molecule has 154 valence electrons. The molecule has 1 heterocycles. The van der Waals surface area contributed by atoms with Gasteiger partial charge in [-0.25, -0.2) is 17.5 Å². The molecular formula is C21H24N2O5S. The summed E-state index contributed by atoms with van der Waals surface area (Å²) in [5.74, 6) is 0.502. The van der Waals surface area contributed by atoms with Gasteiger partial charge in [-0.05, 0) is 48.7 Å². The number of ether oxygens (including phenoxy) is 1. The molecule has 0 atom stereocenters. The number of sulfonamides is 1. The van der Waals surface area contributed by atoms with Crippen molar-refractivity contribution < 1.29 is 17.6 Å². The number of benzene rings is 2. The lowest BCUT2D eigenvalue weighted by Crippen LogP contribution is -2.22. The van der Waals surface area contributed by atoms with E-state index in [0.717, 1.165) is 26.4 Å². The van der Waals surface area contributed by atoms with Gasteiger partial charge in [0.05, 0.1) is 17.7 Å². The van der Waals surface area contributed by atoms with Crippen LogP contribution in [-0.2, 0) is 16.6 Å². The summed E-state index contributed by atoms with van der Waals surface area (Å²) in [5, 5.41) is 4.03. The van der Waals surface area contributed by atoms with Gasteiger partial charge in [-0.2, -0.15) is 0 Å². The average Bonchev–Trinajstić information content (AvgIpc) is 2.68. The number of nitrogens with zero attached hydrogens (tertiary/aromatic N) is 1.